The molecule has 0 fully saturated rings. The van der Waals surface area contributed by atoms with E-state index in [2.05, 4.69) is 48.1 Å². The van der Waals surface area contributed by atoms with Gasteiger partial charge in [0.05, 0.1) is 7.11 Å². The fourth-order valence-corrected chi connectivity index (χ4v) is 2.39. The average molecular weight is 286 g/mol. The summed E-state index contributed by atoms with van der Waals surface area (Å²) < 4.78 is 6.63. The molecule has 0 spiro atoms. The van der Waals surface area contributed by atoms with Crippen LogP contribution >= 0.6 is 15.9 Å². The van der Waals surface area contributed by atoms with Gasteiger partial charge in [-0.15, -0.1) is 0 Å². The lowest BCUT2D eigenvalue weighted by Gasteiger charge is -2.16. The van der Waals surface area contributed by atoms with E-state index in [0.717, 1.165) is 29.7 Å². The monoisotopic (exact) mass is 285 g/mol. The van der Waals surface area contributed by atoms with Gasteiger partial charge in [0.2, 0.25) is 0 Å². The predicted molar refractivity (Wildman–Crippen MR) is 72.2 cm³/mol. The summed E-state index contributed by atoms with van der Waals surface area (Å²) >= 11 is 3.59. The number of nitrogens with one attached hydrogen (secondary N) is 1. The number of benzene rings is 1. The highest BCUT2D eigenvalue weighted by Crippen LogP contribution is 2.32. The third kappa shape index (κ3) is 2.98. The summed E-state index contributed by atoms with van der Waals surface area (Å²) in [7, 11) is 1.74. The molecule has 1 aromatic rings. The quantitative estimate of drug-likeness (QED) is 0.835. The minimum Gasteiger partial charge on any atom is -0.496 e. The van der Waals surface area contributed by atoms with Crippen LogP contribution in [0, 0.1) is 13.8 Å². The molecular weight excluding hydrogens is 266 g/mol. The third-order valence-electron chi connectivity index (χ3n) is 2.72. The van der Waals surface area contributed by atoms with Crippen molar-refractivity contribution < 1.29 is 4.74 Å². The number of ether oxygens (including phenoxy) is 1. The van der Waals surface area contributed by atoms with E-state index in [-0.39, 0.29) is 0 Å². The predicted octanol–water partition coefficient (Wildman–Crippen LogP) is 3.57. The highest BCUT2D eigenvalue weighted by atomic mass is 79.9. The molecule has 0 amide bonds. The van der Waals surface area contributed by atoms with E-state index in [1.54, 1.807) is 7.11 Å². The fraction of sp³-hybridized carbons (Fsp3) is 0.538. The van der Waals surface area contributed by atoms with E-state index in [1.165, 1.54) is 16.7 Å². The maximum atomic E-state index is 5.48. The Morgan fingerprint density at radius 1 is 1.38 bits per heavy atom. The molecule has 0 saturated carbocycles. The van der Waals surface area contributed by atoms with E-state index in [1.807, 2.05) is 0 Å². The van der Waals surface area contributed by atoms with E-state index < -0.39 is 0 Å². The second-order valence-corrected chi connectivity index (χ2v) is 4.84. The van der Waals surface area contributed by atoms with Crippen LogP contribution in [0.2, 0.25) is 0 Å². The minimum atomic E-state index is 0.864. The summed E-state index contributed by atoms with van der Waals surface area (Å²) in [6.07, 6.45) is 1.15. The maximum Gasteiger partial charge on any atom is 0.126 e. The van der Waals surface area contributed by atoms with Crippen LogP contribution in [0.5, 0.6) is 5.75 Å². The highest BCUT2D eigenvalue weighted by molar-refractivity contribution is 9.10. The molecule has 16 heavy (non-hydrogen) atoms. The number of hydrogen-bond acceptors (Lipinski definition) is 2. The van der Waals surface area contributed by atoms with Crippen molar-refractivity contribution in [3.8, 4) is 5.75 Å². The normalized spacial score (nSPS) is 10.6. The molecule has 3 heteroatoms. The van der Waals surface area contributed by atoms with Crippen molar-refractivity contribution in [2.24, 2.45) is 0 Å². The molecule has 0 saturated heterocycles. The SMILES string of the molecule is CCCNCc1c(C)c(Br)cc(C)c1OC. The standard InChI is InChI=1S/C13H20BrNO/c1-5-6-15-8-11-10(3)12(14)7-9(2)13(11)16-4/h7,15H,5-6,8H2,1-4H3. The van der Waals surface area contributed by atoms with Gasteiger partial charge in [-0.05, 0) is 44.0 Å². The average Bonchev–Trinajstić information content (AvgIpc) is 2.25. The Morgan fingerprint density at radius 3 is 2.62 bits per heavy atom. The van der Waals surface area contributed by atoms with E-state index in [9.17, 15) is 0 Å². The molecule has 1 N–H and O–H groups in total. The van der Waals surface area contributed by atoms with Crippen LogP contribution in [0.1, 0.15) is 30.0 Å². The summed E-state index contributed by atoms with van der Waals surface area (Å²) in [5, 5.41) is 3.42. The first-order valence-electron chi connectivity index (χ1n) is 5.65. The van der Waals surface area contributed by atoms with Gasteiger partial charge in [0, 0.05) is 16.6 Å². The maximum absolute atomic E-state index is 5.48. The molecule has 1 rings (SSSR count). The van der Waals surface area contributed by atoms with Gasteiger partial charge < -0.3 is 10.1 Å². The molecule has 0 heterocycles. The summed E-state index contributed by atoms with van der Waals surface area (Å²) in [5.74, 6) is 1.00. The zero-order valence-electron chi connectivity index (χ0n) is 10.5. The molecule has 0 bridgehead atoms. The van der Waals surface area contributed by atoms with Gasteiger partial charge >= 0.3 is 0 Å². The van der Waals surface area contributed by atoms with Crippen molar-refractivity contribution >= 4 is 15.9 Å². The minimum absolute atomic E-state index is 0.864. The van der Waals surface area contributed by atoms with Crippen LogP contribution < -0.4 is 10.1 Å². The lowest BCUT2D eigenvalue weighted by molar-refractivity contribution is 0.404. The van der Waals surface area contributed by atoms with Crippen LogP contribution in [-0.4, -0.2) is 13.7 Å². The van der Waals surface area contributed by atoms with E-state index >= 15 is 0 Å². The zero-order valence-corrected chi connectivity index (χ0v) is 12.1. The molecule has 90 valence electrons. The highest BCUT2D eigenvalue weighted by Gasteiger charge is 2.12. The Morgan fingerprint density at radius 2 is 2.06 bits per heavy atom. The summed E-state index contributed by atoms with van der Waals surface area (Å²) in [4.78, 5) is 0. The van der Waals surface area contributed by atoms with E-state index in [4.69, 9.17) is 4.74 Å². The second kappa shape index (κ2) is 6.26. The summed E-state index contributed by atoms with van der Waals surface area (Å²) in [6, 6.07) is 2.11. The molecule has 1 aromatic carbocycles. The Hall–Kier alpha value is -0.540. The topological polar surface area (TPSA) is 21.3 Å². The molecule has 0 aliphatic heterocycles. The number of methoxy groups -OCH3 is 1. The molecule has 0 aliphatic rings. The lowest BCUT2D eigenvalue weighted by atomic mass is 10.0. The lowest BCUT2D eigenvalue weighted by Crippen LogP contribution is -2.16. The number of hydrogen-bond donors (Lipinski definition) is 1. The summed E-state index contributed by atoms with van der Waals surface area (Å²) in [6.45, 7) is 8.27. The first-order valence-corrected chi connectivity index (χ1v) is 6.44. The second-order valence-electron chi connectivity index (χ2n) is 3.99. The molecule has 0 radical (unpaired) electrons. The summed E-state index contributed by atoms with van der Waals surface area (Å²) in [5.41, 5.74) is 3.68. The Balaban J connectivity index is 3.02. The smallest absolute Gasteiger partial charge is 0.126 e. The van der Waals surface area contributed by atoms with Crippen LogP contribution in [0.25, 0.3) is 0 Å². The van der Waals surface area contributed by atoms with Crippen molar-refractivity contribution in [3.63, 3.8) is 0 Å². The zero-order chi connectivity index (χ0) is 12.1. The van der Waals surface area contributed by atoms with Crippen molar-refractivity contribution in [1.29, 1.82) is 0 Å². The molecule has 0 aliphatic carbocycles. The Labute approximate surface area is 107 Å². The molecular formula is C13H20BrNO. The van der Waals surface area contributed by atoms with Crippen molar-refractivity contribution in [2.75, 3.05) is 13.7 Å². The van der Waals surface area contributed by atoms with Gasteiger partial charge in [0.1, 0.15) is 5.75 Å². The first kappa shape index (κ1) is 13.5. The van der Waals surface area contributed by atoms with Crippen molar-refractivity contribution in [3.05, 3.63) is 27.2 Å². The number of rotatable bonds is 5. The van der Waals surface area contributed by atoms with Gasteiger partial charge in [0.25, 0.3) is 0 Å². The van der Waals surface area contributed by atoms with Crippen LogP contribution in [0.3, 0.4) is 0 Å². The first-order chi connectivity index (χ1) is 7.61. The number of aryl methyl sites for hydroxylation is 1. The van der Waals surface area contributed by atoms with Crippen LogP contribution in [-0.2, 0) is 6.54 Å². The van der Waals surface area contributed by atoms with Gasteiger partial charge in [-0.2, -0.15) is 0 Å². The van der Waals surface area contributed by atoms with Crippen LogP contribution in [0.15, 0.2) is 10.5 Å². The largest absolute Gasteiger partial charge is 0.496 e. The molecule has 0 atom stereocenters. The Bertz CT molecular complexity index is 363. The third-order valence-corrected chi connectivity index (χ3v) is 3.54. The fourth-order valence-electron chi connectivity index (χ4n) is 1.80. The molecule has 0 aromatic heterocycles. The van der Waals surface area contributed by atoms with Gasteiger partial charge in [-0.1, -0.05) is 22.9 Å². The van der Waals surface area contributed by atoms with E-state index in [0.29, 0.717) is 0 Å². The van der Waals surface area contributed by atoms with Crippen LogP contribution in [0.4, 0.5) is 0 Å². The van der Waals surface area contributed by atoms with Crippen molar-refractivity contribution in [1.82, 2.24) is 5.32 Å². The molecule has 0 unspecified atom stereocenters. The van der Waals surface area contributed by atoms with Gasteiger partial charge in [0.15, 0.2) is 0 Å². The molecule has 2 nitrogen and oxygen atoms in total. The van der Waals surface area contributed by atoms with Gasteiger partial charge in [-0.3, -0.25) is 0 Å². The van der Waals surface area contributed by atoms with Gasteiger partial charge in [-0.25, -0.2) is 0 Å². The number of halogens is 1. The Kier molecular flexibility index (Phi) is 5.29. The van der Waals surface area contributed by atoms with Crippen molar-refractivity contribution in [2.45, 2.75) is 33.7 Å².